The van der Waals surface area contributed by atoms with Gasteiger partial charge in [-0.3, -0.25) is 15.0 Å². The first-order valence-electron chi connectivity index (χ1n) is 7.68. The number of carbonyl (C=O) groups excluding carboxylic acids is 2. The molecule has 2 amide bonds. The normalized spacial score (nSPS) is 15.5. The van der Waals surface area contributed by atoms with Crippen molar-refractivity contribution in [2.45, 2.75) is 6.92 Å². The zero-order valence-corrected chi connectivity index (χ0v) is 15.1. The highest BCUT2D eigenvalue weighted by Crippen LogP contribution is 2.30. The molecule has 2 aromatic rings. The summed E-state index contributed by atoms with van der Waals surface area (Å²) in [5.74, 6) is -0.825. The lowest BCUT2D eigenvalue weighted by molar-refractivity contribution is -0.117. The van der Waals surface area contributed by atoms with Crippen molar-refractivity contribution in [2.75, 3.05) is 11.6 Å². The molecule has 1 aliphatic heterocycles. The van der Waals surface area contributed by atoms with Crippen LogP contribution in [-0.4, -0.2) is 23.5 Å². The Morgan fingerprint density at radius 2 is 1.92 bits per heavy atom. The van der Waals surface area contributed by atoms with Crippen molar-refractivity contribution in [2.24, 2.45) is 0 Å². The van der Waals surface area contributed by atoms with E-state index in [0.717, 1.165) is 5.01 Å². The van der Waals surface area contributed by atoms with Crippen LogP contribution >= 0.6 is 23.2 Å². The number of aromatic hydroxyl groups is 1. The molecule has 1 aliphatic rings. The Kier molecular flexibility index (Phi) is 5.06. The molecule has 0 aromatic heterocycles. The SMILES string of the molecule is CCOc1cc(/C=C2/C(=O)NN(c3ccc(Cl)c(Cl)c3)C2=O)ccc1O. The number of nitrogens with one attached hydrogen (secondary N) is 1. The van der Waals surface area contributed by atoms with Gasteiger partial charge in [0, 0.05) is 0 Å². The molecule has 6 nitrogen and oxygen atoms in total. The zero-order valence-electron chi connectivity index (χ0n) is 13.6. The molecule has 8 heteroatoms. The number of halogens is 2. The Balaban J connectivity index is 1.92. The first kappa shape index (κ1) is 18.1. The molecule has 134 valence electrons. The van der Waals surface area contributed by atoms with Gasteiger partial charge < -0.3 is 9.84 Å². The quantitative estimate of drug-likeness (QED) is 0.615. The van der Waals surface area contributed by atoms with Crippen molar-refractivity contribution in [1.29, 1.82) is 0 Å². The predicted octanol–water partition coefficient (Wildman–Crippen LogP) is 3.56. The number of benzene rings is 2. The van der Waals surface area contributed by atoms with Crippen molar-refractivity contribution < 1.29 is 19.4 Å². The van der Waals surface area contributed by atoms with Gasteiger partial charge in [-0.25, -0.2) is 5.01 Å². The third-order valence-electron chi connectivity index (χ3n) is 3.65. The van der Waals surface area contributed by atoms with E-state index in [9.17, 15) is 14.7 Å². The lowest BCUT2D eigenvalue weighted by atomic mass is 10.1. The molecular weight excluding hydrogens is 379 g/mol. The maximum Gasteiger partial charge on any atom is 0.282 e. The summed E-state index contributed by atoms with van der Waals surface area (Å²) in [6.45, 7) is 2.16. The maximum absolute atomic E-state index is 12.6. The Morgan fingerprint density at radius 1 is 1.15 bits per heavy atom. The molecule has 0 saturated carbocycles. The zero-order chi connectivity index (χ0) is 18.8. The summed E-state index contributed by atoms with van der Waals surface area (Å²) in [6.07, 6.45) is 1.43. The van der Waals surface area contributed by atoms with Crippen LogP contribution in [-0.2, 0) is 9.59 Å². The van der Waals surface area contributed by atoms with Crippen molar-refractivity contribution in [1.82, 2.24) is 5.43 Å². The minimum Gasteiger partial charge on any atom is -0.504 e. The number of hydrogen-bond acceptors (Lipinski definition) is 4. The van der Waals surface area contributed by atoms with E-state index in [-0.39, 0.29) is 22.1 Å². The highest BCUT2D eigenvalue weighted by Gasteiger charge is 2.34. The predicted molar refractivity (Wildman–Crippen MR) is 99.3 cm³/mol. The molecule has 1 saturated heterocycles. The van der Waals surface area contributed by atoms with Gasteiger partial charge in [-0.05, 0) is 48.9 Å². The summed E-state index contributed by atoms with van der Waals surface area (Å²) in [5.41, 5.74) is 3.36. The number of amides is 2. The number of hydrogen-bond donors (Lipinski definition) is 2. The number of hydrazine groups is 1. The van der Waals surface area contributed by atoms with E-state index in [0.29, 0.717) is 22.9 Å². The fourth-order valence-corrected chi connectivity index (χ4v) is 2.71. The Morgan fingerprint density at radius 3 is 2.62 bits per heavy atom. The van der Waals surface area contributed by atoms with Crippen LogP contribution in [0.4, 0.5) is 5.69 Å². The van der Waals surface area contributed by atoms with E-state index in [2.05, 4.69) is 5.43 Å². The number of nitrogens with zero attached hydrogens (tertiary/aromatic N) is 1. The molecule has 0 unspecified atom stereocenters. The standard InChI is InChI=1S/C18H14Cl2N2O4/c1-2-26-16-8-10(3-6-15(16)23)7-12-17(24)21-22(18(12)25)11-4-5-13(19)14(20)9-11/h3-9,23H,2H2,1H3,(H,21,24)/b12-7-. The summed E-state index contributed by atoms with van der Waals surface area (Å²) in [6, 6.07) is 9.16. The number of anilines is 1. The first-order valence-corrected chi connectivity index (χ1v) is 8.44. The Labute approximate surface area is 159 Å². The second kappa shape index (κ2) is 7.27. The second-order valence-electron chi connectivity index (χ2n) is 5.40. The van der Waals surface area contributed by atoms with E-state index < -0.39 is 11.8 Å². The van der Waals surface area contributed by atoms with Crippen LogP contribution in [0.5, 0.6) is 11.5 Å². The lowest BCUT2D eigenvalue weighted by Crippen LogP contribution is -2.35. The molecule has 2 aromatic carbocycles. The van der Waals surface area contributed by atoms with Gasteiger partial charge in [0.2, 0.25) is 0 Å². The molecule has 1 heterocycles. The van der Waals surface area contributed by atoms with Crippen LogP contribution in [0, 0.1) is 0 Å². The molecule has 0 bridgehead atoms. The molecule has 1 fully saturated rings. The van der Waals surface area contributed by atoms with Gasteiger partial charge in [0.25, 0.3) is 11.8 Å². The van der Waals surface area contributed by atoms with Crippen LogP contribution < -0.4 is 15.2 Å². The third kappa shape index (κ3) is 3.47. The van der Waals surface area contributed by atoms with Crippen LogP contribution in [0.15, 0.2) is 42.0 Å². The van der Waals surface area contributed by atoms with Crippen molar-refractivity contribution in [3.05, 3.63) is 57.6 Å². The van der Waals surface area contributed by atoms with Crippen LogP contribution in [0.25, 0.3) is 6.08 Å². The minimum atomic E-state index is -0.549. The number of phenols is 1. The number of phenolic OH excluding ortho intramolecular Hbond substituents is 1. The van der Waals surface area contributed by atoms with Gasteiger partial charge >= 0.3 is 0 Å². The molecule has 0 atom stereocenters. The molecule has 26 heavy (non-hydrogen) atoms. The summed E-state index contributed by atoms with van der Waals surface area (Å²) in [5, 5.41) is 11.5. The van der Waals surface area contributed by atoms with Gasteiger partial charge in [-0.15, -0.1) is 0 Å². The smallest absolute Gasteiger partial charge is 0.282 e. The van der Waals surface area contributed by atoms with Gasteiger partial charge in [-0.1, -0.05) is 29.3 Å². The maximum atomic E-state index is 12.6. The van der Waals surface area contributed by atoms with E-state index in [1.54, 1.807) is 25.1 Å². The van der Waals surface area contributed by atoms with E-state index >= 15 is 0 Å². The van der Waals surface area contributed by atoms with Crippen molar-refractivity contribution in [3.8, 4) is 11.5 Å². The fourth-order valence-electron chi connectivity index (χ4n) is 2.42. The highest BCUT2D eigenvalue weighted by molar-refractivity contribution is 6.42. The summed E-state index contributed by atoms with van der Waals surface area (Å²) < 4.78 is 5.31. The van der Waals surface area contributed by atoms with Crippen LogP contribution in [0.1, 0.15) is 12.5 Å². The number of rotatable bonds is 4. The van der Waals surface area contributed by atoms with Gasteiger partial charge in [0.1, 0.15) is 5.57 Å². The first-order chi connectivity index (χ1) is 12.4. The Bertz CT molecular complexity index is 927. The molecule has 2 N–H and O–H groups in total. The molecular formula is C18H14Cl2N2O4. The van der Waals surface area contributed by atoms with Gasteiger partial charge in [-0.2, -0.15) is 0 Å². The summed E-state index contributed by atoms with van der Waals surface area (Å²) in [4.78, 5) is 24.8. The molecule has 0 radical (unpaired) electrons. The van der Waals surface area contributed by atoms with Gasteiger partial charge in [0.05, 0.1) is 22.3 Å². The van der Waals surface area contributed by atoms with Crippen molar-refractivity contribution in [3.63, 3.8) is 0 Å². The van der Waals surface area contributed by atoms with Crippen molar-refractivity contribution >= 4 is 46.8 Å². The largest absolute Gasteiger partial charge is 0.504 e. The van der Waals surface area contributed by atoms with E-state index in [4.69, 9.17) is 27.9 Å². The molecule has 0 aliphatic carbocycles. The van der Waals surface area contributed by atoms with E-state index in [1.807, 2.05) is 0 Å². The third-order valence-corrected chi connectivity index (χ3v) is 4.39. The van der Waals surface area contributed by atoms with Gasteiger partial charge in [0.15, 0.2) is 11.5 Å². The lowest BCUT2D eigenvalue weighted by Gasteiger charge is -2.15. The molecule has 0 spiro atoms. The summed E-state index contributed by atoms with van der Waals surface area (Å²) >= 11 is 11.8. The highest BCUT2D eigenvalue weighted by atomic mass is 35.5. The molecule has 3 rings (SSSR count). The number of carbonyl (C=O) groups is 2. The second-order valence-corrected chi connectivity index (χ2v) is 6.21. The average Bonchev–Trinajstić information content (AvgIpc) is 2.88. The Hall–Kier alpha value is -2.70. The van der Waals surface area contributed by atoms with Crippen LogP contribution in [0.3, 0.4) is 0 Å². The van der Waals surface area contributed by atoms with Crippen LogP contribution in [0.2, 0.25) is 10.0 Å². The monoisotopic (exact) mass is 392 g/mol. The number of ether oxygens (including phenoxy) is 1. The minimum absolute atomic E-state index is 0.0198. The average molecular weight is 393 g/mol. The van der Waals surface area contributed by atoms with E-state index in [1.165, 1.54) is 24.3 Å². The topological polar surface area (TPSA) is 78.9 Å². The summed E-state index contributed by atoms with van der Waals surface area (Å²) in [7, 11) is 0. The fraction of sp³-hybridized carbons (Fsp3) is 0.111.